The summed E-state index contributed by atoms with van der Waals surface area (Å²) in [7, 11) is -3.55. The van der Waals surface area contributed by atoms with Crippen molar-refractivity contribution in [1.29, 1.82) is 0 Å². The van der Waals surface area contributed by atoms with Crippen LogP contribution in [0.15, 0.2) is 47.4 Å². The van der Waals surface area contributed by atoms with Gasteiger partial charge in [-0.05, 0) is 24.3 Å². The number of aromatic nitrogens is 2. The molecule has 1 heterocycles. The van der Waals surface area contributed by atoms with Crippen LogP contribution in [0.2, 0.25) is 10.0 Å². The molecule has 1 aromatic heterocycles. The Morgan fingerprint density at radius 2 is 1.74 bits per heavy atom. The number of benzene rings is 2. The Labute approximate surface area is 184 Å². The summed E-state index contributed by atoms with van der Waals surface area (Å²) in [4.78, 5) is 11.0. The number of carbonyl (C=O) groups excluding carboxylic acids is 1. The summed E-state index contributed by atoms with van der Waals surface area (Å²) >= 11 is 12.0. The average molecular weight is 492 g/mol. The number of hydrogen-bond donors (Lipinski definition) is 0. The van der Waals surface area contributed by atoms with Gasteiger partial charge in [0.15, 0.2) is 15.5 Å². The zero-order chi connectivity index (χ0) is 23.1. The van der Waals surface area contributed by atoms with Crippen LogP contribution in [-0.4, -0.2) is 30.4 Å². The van der Waals surface area contributed by atoms with Gasteiger partial charge in [-0.25, -0.2) is 8.42 Å². The van der Waals surface area contributed by atoms with Gasteiger partial charge in [0.2, 0.25) is 0 Å². The van der Waals surface area contributed by atoms with E-state index in [1.165, 1.54) is 42.5 Å². The zero-order valence-electron chi connectivity index (χ0n) is 15.6. The molecule has 12 heteroatoms. The monoisotopic (exact) mass is 491 g/mol. The van der Waals surface area contributed by atoms with Gasteiger partial charge in [-0.2, -0.15) is 18.3 Å². The lowest BCUT2D eigenvalue weighted by molar-refractivity contribution is -0.306. The van der Waals surface area contributed by atoms with Crippen molar-refractivity contribution in [2.24, 2.45) is 0 Å². The molecule has 0 fully saturated rings. The number of halogens is 5. The summed E-state index contributed by atoms with van der Waals surface area (Å²) < 4.78 is 65.6. The topological polar surface area (TPSA) is 92.1 Å². The second kappa shape index (κ2) is 8.18. The van der Waals surface area contributed by atoms with Gasteiger partial charge in [0.1, 0.15) is 5.69 Å². The van der Waals surface area contributed by atoms with Gasteiger partial charge in [0, 0.05) is 28.0 Å². The third-order valence-corrected chi connectivity index (χ3v) is 5.93. The van der Waals surface area contributed by atoms with Crippen molar-refractivity contribution in [2.75, 3.05) is 6.26 Å². The Morgan fingerprint density at radius 1 is 1.13 bits per heavy atom. The van der Waals surface area contributed by atoms with Crippen molar-refractivity contribution in [2.45, 2.75) is 17.6 Å². The molecule has 6 nitrogen and oxygen atoms in total. The molecule has 0 atom stereocenters. The molecule has 0 unspecified atom stereocenters. The molecule has 2 aromatic carbocycles. The van der Waals surface area contributed by atoms with Crippen LogP contribution in [0.5, 0.6) is 0 Å². The first-order valence-corrected chi connectivity index (χ1v) is 11.1. The predicted octanol–water partition coefficient (Wildman–Crippen LogP) is 3.70. The normalized spacial score (nSPS) is 12.2. The van der Waals surface area contributed by atoms with Crippen LogP contribution in [0.3, 0.4) is 0 Å². The maximum Gasteiger partial charge on any atom is 0.433 e. The van der Waals surface area contributed by atoms with Crippen LogP contribution in [0.1, 0.15) is 5.69 Å². The van der Waals surface area contributed by atoms with E-state index in [9.17, 15) is 31.5 Å². The van der Waals surface area contributed by atoms with Crippen molar-refractivity contribution in [3.63, 3.8) is 0 Å². The second-order valence-electron chi connectivity index (χ2n) is 6.52. The third kappa shape index (κ3) is 4.86. The Bertz CT molecular complexity index is 1270. The number of alkyl halides is 3. The molecule has 0 aliphatic heterocycles. The first kappa shape index (κ1) is 23.1. The summed E-state index contributed by atoms with van der Waals surface area (Å²) in [6, 6.07) is 8.80. The minimum Gasteiger partial charge on any atom is -0.548 e. The highest BCUT2D eigenvalue weighted by Gasteiger charge is 2.41. The van der Waals surface area contributed by atoms with Crippen LogP contribution in [0.25, 0.3) is 22.4 Å². The lowest BCUT2D eigenvalue weighted by Gasteiger charge is -2.14. The van der Waals surface area contributed by atoms with E-state index >= 15 is 0 Å². The maximum atomic E-state index is 14.0. The largest absolute Gasteiger partial charge is 0.548 e. The number of sulfone groups is 1. The van der Waals surface area contributed by atoms with Crippen molar-refractivity contribution < 1.29 is 31.5 Å². The molecule has 0 aliphatic carbocycles. The quantitative estimate of drug-likeness (QED) is 0.542. The molecular weight excluding hydrogens is 480 g/mol. The molecule has 0 N–H and O–H groups in total. The highest BCUT2D eigenvalue weighted by molar-refractivity contribution is 7.90. The van der Waals surface area contributed by atoms with Gasteiger partial charge in [-0.1, -0.05) is 41.4 Å². The minimum atomic E-state index is -4.99. The Hall–Kier alpha value is -2.56. The van der Waals surface area contributed by atoms with E-state index in [1.807, 2.05) is 0 Å². The number of hydrogen-bond acceptors (Lipinski definition) is 5. The summed E-state index contributed by atoms with van der Waals surface area (Å²) in [6.45, 7) is -1.16. The van der Waals surface area contributed by atoms with Crippen LogP contribution < -0.4 is 5.11 Å². The molecule has 31 heavy (non-hydrogen) atoms. The fraction of sp³-hybridized carbons (Fsp3) is 0.158. The predicted molar refractivity (Wildman–Crippen MR) is 106 cm³/mol. The lowest BCUT2D eigenvalue weighted by atomic mass is 9.98. The fourth-order valence-electron chi connectivity index (χ4n) is 3.00. The van der Waals surface area contributed by atoms with Gasteiger partial charge >= 0.3 is 6.18 Å². The summed E-state index contributed by atoms with van der Waals surface area (Å²) in [5, 5.41) is 15.0. The van der Waals surface area contributed by atoms with E-state index in [-0.39, 0.29) is 36.4 Å². The van der Waals surface area contributed by atoms with Crippen LogP contribution >= 0.6 is 23.2 Å². The molecule has 3 aromatic rings. The molecule has 0 saturated heterocycles. The molecule has 0 aliphatic rings. The van der Waals surface area contributed by atoms with Crippen LogP contribution in [0, 0.1) is 0 Å². The van der Waals surface area contributed by atoms with Gasteiger partial charge < -0.3 is 9.90 Å². The number of rotatable bonds is 5. The molecule has 0 spiro atoms. The number of aliphatic carboxylic acids is 1. The molecular formula is C19H12Cl2F3N2O4S-. The molecule has 3 rings (SSSR count). The van der Waals surface area contributed by atoms with E-state index < -0.39 is 39.8 Å². The van der Waals surface area contributed by atoms with Crippen LogP contribution in [-0.2, 0) is 27.4 Å². The maximum absolute atomic E-state index is 14.0. The van der Waals surface area contributed by atoms with Crippen molar-refractivity contribution in [1.82, 2.24) is 9.78 Å². The summed E-state index contributed by atoms with van der Waals surface area (Å²) in [5.41, 5.74) is -2.01. The Kier molecular flexibility index (Phi) is 6.09. The second-order valence-corrected chi connectivity index (χ2v) is 9.38. The SMILES string of the molecule is CS(=O)(=O)c1ccc(-c2nn(CC(=O)[O-])c(C(F)(F)F)c2-c2ccc(Cl)cc2Cl)cc1. The van der Waals surface area contributed by atoms with E-state index in [2.05, 4.69) is 5.10 Å². The third-order valence-electron chi connectivity index (χ3n) is 4.26. The van der Waals surface area contributed by atoms with Gasteiger partial charge in [0.25, 0.3) is 0 Å². The van der Waals surface area contributed by atoms with Gasteiger partial charge in [-0.15, -0.1) is 0 Å². The number of carboxylic acid groups (broad SMARTS) is 1. The highest BCUT2D eigenvalue weighted by atomic mass is 35.5. The molecule has 0 bridgehead atoms. The Morgan fingerprint density at radius 3 is 2.23 bits per heavy atom. The van der Waals surface area contributed by atoms with E-state index in [0.29, 0.717) is 0 Å². The van der Waals surface area contributed by atoms with Crippen molar-refractivity contribution in [3.05, 3.63) is 58.2 Å². The van der Waals surface area contributed by atoms with E-state index in [0.717, 1.165) is 6.26 Å². The lowest BCUT2D eigenvalue weighted by Crippen LogP contribution is -2.30. The average Bonchev–Trinajstić information content (AvgIpc) is 2.99. The smallest absolute Gasteiger partial charge is 0.433 e. The van der Waals surface area contributed by atoms with E-state index in [1.54, 1.807) is 0 Å². The van der Waals surface area contributed by atoms with E-state index in [4.69, 9.17) is 23.2 Å². The van der Waals surface area contributed by atoms with Gasteiger partial charge in [-0.3, -0.25) is 4.68 Å². The highest BCUT2D eigenvalue weighted by Crippen LogP contribution is 2.45. The van der Waals surface area contributed by atoms with Gasteiger partial charge in [0.05, 0.1) is 22.4 Å². The van der Waals surface area contributed by atoms with Crippen LogP contribution in [0.4, 0.5) is 13.2 Å². The standard InChI is InChI=1S/C19H13Cl2F3N2O4S/c1-31(29,30)12-5-2-10(3-6-12)17-16(13-7-4-11(20)8-14(13)21)18(19(22,23)24)26(25-17)9-15(27)28/h2-8H,9H2,1H3,(H,27,28)/p-1. The fourth-order valence-corrected chi connectivity index (χ4v) is 4.13. The number of carbonyl (C=O) groups is 1. The molecule has 0 saturated carbocycles. The number of carboxylic acids is 1. The first-order chi connectivity index (χ1) is 14.3. The molecule has 0 amide bonds. The number of nitrogens with zero attached hydrogens (tertiary/aromatic N) is 2. The zero-order valence-corrected chi connectivity index (χ0v) is 17.9. The Balaban J connectivity index is 2.37. The van der Waals surface area contributed by atoms with Crippen molar-refractivity contribution >= 4 is 39.0 Å². The summed E-state index contributed by atoms with van der Waals surface area (Å²) in [6.07, 6.45) is -4.01. The molecule has 164 valence electrons. The van der Waals surface area contributed by atoms with Crippen molar-refractivity contribution in [3.8, 4) is 22.4 Å². The summed E-state index contributed by atoms with van der Waals surface area (Å²) in [5.74, 6) is -1.78. The first-order valence-electron chi connectivity index (χ1n) is 8.43. The molecule has 0 radical (unpaired) electrons. The minimum absolute atomic E-state index is 0.0486.